The van der Waals surface area contributed by atoms with Crippen LogP contribution in [0.2, 0.25) is 0 Å². The minimum absolute atomic E-state index is 0.288. The Kier molecular flexibility index (Phi) is 6.88. The molecule has 0 spiro atoms. The molecule has 3 aromatic carbocycles. The van der Waals surface area contributed by atoms with Crippen molar-refractivity contribution in [1.82, 2.24) is 10.3 Å². The van der Waals surface area contributed by atoms with Crippen LogP contribution in [0.4, 0.5) is 21.9 Å². The minimum Gasteiger partial charge on any atom is -0.361 e. The van der Waals surface area contributed by atoms with Gasteiger partial charge in [0.25, 0.3) is 0 Å². The Morgan fingerprint density at radius 2 is 1.35 bits per heavy atom. The molecule has 0 saturated heterocycles. The van der Waals surface area contributed by atoms with Gasteiger partial charge in [0.05, 0.1) is 0 Å². The second kappa shape index (κ2) is 10.4. The first-order valence-corrected chi connectivity index (χ1v) is 10.8. The first kappa shape index (κ1) is 22.6. The Balaban J connectivity index is 1.39. The highest BCUT2D eigenvalue weighted by Crippen LogP contribution is 2.20. The molecule has 4 rings (SSSR count). The van der Waals surface area contributed by atoms with Gasteiger partial charge in [-0.05, 0) is 48.0 Å². The van der Waals surface area contributed by atoms with Crippen molar-refractivity contribution >= 4 is 45.8 Å². The molecular formula is C26H25N5O3. The third kappa shape index (κ3) is 5.80. The Morgan fingerprint density at radius 1 is 0.765 bits per heavy atom. The highest BCUT2D eigenvalue weighted by molar-refractivity contribution is 6.00. The number of rotatable bonds is 7. The van der Waals surface area contributed by atoms with Crippen LogP contribution >= 0.6 is 0 Å². The number of anilines is 3. The van der Waals surface area contributed by atoms with E-state index >= 15 is 0 Å². The lowest BCUT2D eigenvalue weighted by atomic mass is 10.0. The number of aromatic amines is 1. The van der Waals surface area contributed by atoms with Gasteiger partial charge >= 0.3 is 6.03 Å². The predicted molar refractivity (Wildman–Crippen MR) is 134 cm³/mol. The number of carbonyl (C=O) groups is 3. The van der Waals surface area contributed by atoms with Gasteiger partial charge in [0.1, 0.15) is 6.04 Å². The van der Waals surface area contributed by atoms with Crippen molar-refractivity contribution in [1.29, 1.82) is 0 Å². The summed E-state index contributed by atoms with van der Waals surface area (Å²) in [5.74, 6) is -0.619. The molecule has 8 heteroatoms. The van der Waals surface area contributed by atoms with Crippen LogP contribution in [-0.2, 0) is 16.0 Å². The molecule has 1 atom stereocenters. The zero-order valence-electron chi connectivity index (χ0n) is 18.6. The quantitative estimate of drug-likeness (QED) is 0.283. The maximum atomic E-state index is 13.0. The van der Waals surface area contributed by atoms with E-state index in [2.05, 4.69) is 26.3 Å². The number of benzene rings is 3. The van der Waals surface area contributed by atoms with Gasteiger partial charge in [-0.1, -0.05) is 36.4 Å². The number of nitrogens with one attached hydrogen (secondary N) is 5. The molecule has 0 saturated carbocycles. The predicted octanol–water partition coefficient (Wildman–Crippen LogP) is 4.50. The van der Waals surface area contributed by atoms with Crippen LogP contribution in [0.1, 0.15) is 12.5 Å². The van der Waals surface area contributed by atoms with E-state index in [9.17, 15) is 14.4 Å². The van der Waals surface area contributed by atoms with Crippen molar-refractivity contribution in [2.75, 3.05) is 16.0 Å². The number of urea groups is 1. The molecule has 34 heavy (non-hydrogen) atoms. The lowest BCUT2D eigenvalue weighted by molar-refractivity contribution is -0.125. The monoisotopic (exact) mass is 455 g/mol. The molecule has 8 nitrogen and oxygen atoms in total. The van der Waals surface area contributed by atoms with E-state index in [0.29, 0.717) is 23.5 Å². The molecule has 4 aromatic rings. The number of carbonyl (C=O) groups excluding carboxylic acids is 3. The maximum Gasteiger partial charge on any atom is 0.323 e. The van der Waals surface area contributed by atoms with E-state index < -0.39 is 6.04 Å². The van der Waals surface area contributed by atoms with Gasteiger partial charge in [0, 0.05) is 47.5 Å². The highest BCUT2D eigenvalue weighted by atomic mass is 16.2. The van der Waals surface area contributed by atoms with E-state index in [0.717, 1.165) is 16.5 Å². The number of para-hydroxylation sites is 2. The number of aromatic nitrogens is 1. The summed E-state index contributed by atoms with van der Waals surface area (Å²) in [6.07, 6.45) is 2.20. The van der Waals surface area contributed by atoms with Crippen LogP contribution in [0.5, 0.6) is 0 Å². The number of H-pyrrole nitrogens is 1. The second-order valence-corrected chi connectivity index (χ2v) is 7.83. The molecule has 0 aliphatic carbocycles. The lowest BCUT2D eigenvalue weighted by Crippen LogP contribution is -2.44. The van der Waals surface area contributed by atoms with E-state index in [1.165, 1.54) is 6.92 Å². The van der Waals surface area contributed by atoms with Gasteiger partial charge in [-0.2, -0.15) is 0 Å². The van der Waals surface area contributed by atoms with Crippen molar-refractivity contribution in [2.24, 2.45) is 0 Å². The Hall–Kier alpha value is -4.59. The lowest BCUT2D eigenvalue weighted by Gasteiger charge is -2.18. The standard InChI is InChI=1S/C26H25N5O3/c1-17(32)28-24(15-18-16-27-23-10-6-5-9-22(18)23)25(33)29-20-11-13-21(14-12-20)31-26(34)30-19-7-3-2-4-8-19/h2-14,16,24,27H,15H2,1H3,(H,28,32)(H,29,33)(H2,30,31,34)/t24-/m1/s1. The molecule has 0 aliphatic rings. The van der Waals surface area contributed by atoms with E-state index in [-0.39, 0.29) is 17.8 Å². The summed E-state index contributed by atoms with van der Waals surface area (Å²) in [5, 5.41) is 12.1. The summed E-state index contributed by atoms with van der Waals surface area (Å²) in [5.41, 5.74) is 3.72. The fourth-order valence-electron chi connectivity index (χ4n) is 3.66. The fourth-order valence-corrected chi connectivity index (χ4v) is 3.66. The normalized spacial score (nSPS) is 11.4. The van der Waals surface area contributed by atoms with Crippen LogP contribution < -0.4 is 21.3 Å². The second-order valence-electron chi connectivity index (χ2n) is 7.83. The van der Waals surface area contributed by atoms with Crippen molar-refractivity contribution < 1.29 is 14.4 Å². The smallest absolute Gasteiger partial charge is 0.323 e. The molecule has 172 valence electrons. The summed E-state index contributed by atoms with van der Waals surface area (Å²) in [7, 11) is 0. The minimum atomic E-state index is -0.744. The van der Waals surface area contributed by atoms with Gasteiger partial charge in [-0.3, -0.25) is 9.59 Å². The van der Waals surface area contributed by atoms with Gasteiger partial charge in [-0.15, -0.1) is 0 Å². The van der Waals surface area contributed by atoms with Crippen LogP contribution in [0, 0.1) is 0 Å². The molecule has 0 fully saturated rings. The van der Waals surface area contributed by atoms with Crippen LogP contribution in [0.3, 0.4) is 0 Å². The third-order valence-corrected chi connectivity index (χ3v) is 5.23. The SMILES string of the molecule is CC(=O)N[C@H](Cc1c[nH]c2ccccc12)C(=O)Nc1ccc(NC(=O)Nc2ccccc2)cc1. The molecule has 1 heterocycles. The Morgan fingerprint density at radius 3 is 2.03 bits per heavy atom. The van der Waals surface area contributed by atoms with Gasteiger partial charge in [-0.25, -0.2) is 4.79 Å². The van der Waals surface area contributed by atoms with Crippen molar-refractivity contribution in [3.8, 4) is 0 Å². The summed E-state index contributed by atoms with van der Waals surface area (Å²) in [4.78, 5) is 40.0. The largest absolute Gasteiger partial charge is 0.361 e. The maximum absolute atomic E-state index is 13.0. The highest BCUT2D eigenvalue weighted by Gasteiger charge is 2.21. The third-order valence-electron chi connectivity index (χ3n) is 5.23. The zero-order chi connectivity index (χ0) is 23.9. The molecule has 0 unspecified atom stereocenters. The number of fused-ring (bicyclic) bond motifs is 1. The molecule has 5 N–H and O–H groups in total. The zero-order valence-corrected chi connectivity index (χ0v) is 18.6. The van der Waals surface area contributed by atoms with Gasteiger partial charge in [0.15, 0.2) is 0 Å². The molecule has 0 bridgehead atoms. The topological polar surface area (TPSA) is 115 Å². The molecule has 0 radical (unpaired) electrons. The molecule has 4 amide bonds. The first-order chi connectivity index (χ1) is 16.5. The van der Waals surface area contributed by atoms with E-state index in [1.54, 1.807) is 36.4 Å². The molecular weight excluding hydrogens is 430 g/mol. The van der Waals surface area contributed by atoms with Crippen LogP contribution in [0.15, 0.2) is 85.1 Å². The Labute approximate surface area is 196 Å². The molecule has 1 aromatic heterocycles. The van der Waals surface area contributed by atoms with Crippen LogP contribution in [-0.4, -0.2) is 28.9 Å². The van der Waals surface area contributed by atoms with Gasteiger partial charge in [0.2, 0.25) is 11.8 Å². The average molecular weight is 456 g/mol. The Bertz CT molecular complexity index is 1300. The van der Waals surface area contributed by atoms with E-state index in [4.69, 9.17) is 0 Å². The number of amides is 4. The summed E-state index contributed by atoms with van der Waals surface area (Å²) >= 11 is 0. The van der Waals surface area contributed by atoms with Crippen molar-refractivity contribution in [2.45, 2.75) is 19.4 Å². The molecule has 0 aliphatic heterocycles. The van der Waals surface area contributed by atoms with Crippen LogP contribution in [0.25, 0.3) is 10.9 Å². The van der Waals surface area contributed by atoms with E-state index in [1.807, 2.05) is 48.7 Å². The van der Waals surface area contributed by atoms with Crippen molar-refractivity contribution in [3.05, 3.63) is 90.6 Å². The summed E-state index contributed by atoms with van der Waals surface area (Å²) in [6, 6.07) is 22.6. The summed E-state index contributed by atoms with van der Waals surface area (Å²) in [6.45, 7) is 1.39. The average Bonchev–Trinajstić information content (AvgIpc) is 3.23. The van der Waals surface area contributed by atoms with Crippen molar-refractivity contribution in [3.63, 3.8) is 0 Å². The van der Waals surface area contributed by atoms with Gasteiger partial charge < -0.3 is 26.3 Å². The summed E-state index contributed by atoms with van der Waals surface area (Å²) < 4.78 is 0. The number of hydrogen-bond acceptors (Lipinski definition) is 3. The first-order valence-electron chi connectivity index (χ1n) is 10.8. The fraction of sp³-hybridized carbons (Fsp3) is 0.115. The number of hydrogen-bond donors (Lipinski definition) is 5.